The van der Waals surface area contributed by atoms with Gasteiger partial charge < -0.3 is 23.8 Å². The number of ether oxygens (including phenoxy) is 4. The van der Waals surface area contributed by atoms with Crippen LogP contribution >= 0.6 is 0 Å². The average Bonchev–Trinajstić information content (AvgIpc) is 3.28. The fourth-order valence-corrected chi connectivity index (χ4v) is 7.51. The molecule has 0 saturated heterocycles. The Morgan fingerprint density at radius 1 is 0.322 bits per heavy atom. The summed E-state index contributed by atoms with van der Waals surface area (Å²) in [4.78, 5) is 2.31. The Balaban J connectivity index is 1.75. The zero-order valence-electron chi connectivity index (χ0n) is 36.7. The van der Waals surface area contributed by atoms with E-state index in [0.29, 0.717) is 26.4 Å². The molecule has 0 atom stereocenters. The second-order valence-corrected chi connectivity index (χ2v) is 15.6. The van der Waals surface area contributed by atoms with E-state index in [1.807, 2.05) is 0 Å². The molecular formula is C54H71NO4. The van der Waals surface area contributed by atoms with Crippen LogP contribution in [-0.2, 0) is 0 Å². The van der Waals surface area contributed by atoms with Crippen molar-refractivity contribution in [2.75, 3.05) is 31.3 Å². The van der Waals surface area contributed by atoms with E-state index < -0.39 is 0 Å². The van der Waals surface area contributed by atoms with Gasteiger partial charge in [-0.15, -0.1) is 0 Å². The van der Waals surface area contributed by atoms with E-state index in [2.05, 4.69) is 148 Å². The molecule has 0 aromatic heterocycles. The van der Waals surface area contributed by atoms with Crippen molar-refractivity contribution in [2.24, 2.45) is 0 Å². The van der Waals surface area contributed by atoms with Crippen LogP contribution in [0.25, 0.3) is 22.3 Å². The first-order valence-corrected chi connectivity index (χ1v) is 23.0. The third-order valence-electron chi connectivity index (χ3n) is 10.8. The summed E-state index contributed by atoms with van der Waals surface area (Å²) in [6.07, 6.45) is 17.9. The van der Waals surface area contributed by atoms with E-state index in [0.717, 1.165) is 114 Å². The predicted molar refractivity (Wildman–Crippen MR) is 251 cm³/mol. The predicted octanol–water partition coefficient (Wildman–Crippen LogP) is 16.3. The molecule has 59 heavy (non-hydrogen) atoms. The SMILES string of the molecule is CCCCCCOc1c(-c2ccccc2)ccc(N(c2ccccc2)c2ccc(-c3ccccc3)c(OCCCCCC)c2OCCCCCC)c1OCCCCCC. The number of hydrogen-bond acceptors (Lipinski definition) is 5. The summed E-state index contributed by atoms with van der Waals surface area (Å²) < 4.78 is 27.9. The third kappa shape index (κ3) is 13.6. The Morgan fingerprint density at radius 3 is 0.983 bits per heavy atom. The number of unbranched alkanes of at least 4 members (excludes halogenated alkanes) is 12. The standard InChI is InChI=1S/C54H71NO4/c1-5-9-13-26-40-56-51-47(44-30-20-17-21-31-44)36-38-49(53(51)58-42-28-15-11-7-3)55(46-34-24-19-25-35-46)50-39-37-48(45-32-22-18-23-33-45)52(57-41-27-14-10-6-2)54(50)59-43-29-16-12-8-4/h17-25,30-39H,5-16,26-29,40-43H2,1-4H3. The maximum atomic E-state index is 7.03. The zero-order valence-corrected chi connectivity index (χ0v) is 36.7. The second kappa shape index (κ2) is 26.3. The summed E-state index contributed by atoms with van der Waals surface area (Å²) in [6.45, 7) is 11.4. The van der Waals surface area contributed by atoms with Crippen LogP contribution in [0.1, 0.15) is 130 Å². The second-order valence-electron chi connectivity index (χ2n) is 15.6. The molecule has 0 N–H and O–H groups in total. The molecule has 0 aliphatic carbocycles. The highest BCUT2D eigenvalue weighted by Gasteiger charge is 2.29. The van der Waals surface area contributed by atoms with Crippen LogP contribution in [0.5, 0.6) is 23.0 Å². The van der Waals surface area contributed by atoms with Crippen LogP contribution in [0.2, 0.25) is 0 Å². The summed E-state index contributed by atoms with van der Waals surface area (Å²) in [5, 5.41) is 0. The highest BCUT2D eigenvalue weighted by atomic mass is 16.5. The van der Waals surface area contributed by atoms with Gasteiger partial charge in [-0.3, -0.25) is 0 Å². The molecule has 0 aliphatic heterocycles. The van der Waals surface area contributed by atoms with Crippen molar-refractivity contribution in [3.05, 3.63) is 115 Å². The molecule has 5 aromatic rings. The molecule has 5 heteroatoms. The number of benzene rings is 5. The summed E-state index contributed by atoms with van der Waals surface area (Å²) in [7, 11) is 0. The van der Waals surface area contributed by atoms with Crippen LogP contribution < -0.4 is 23.8 Å². The molecule has 0 amide bonds. The highest BCUT2D eigenvalue weighted by molar-refractivity contribution is 5.91. The van der Waals surface area contributed by atoms with Crippen molar-refractivity contribution in [3.8, 4) is 45.3 Å². The summed E-state index contributed by atoms with van der Waals surface area (Å²) in [5.74, 6) is 3.09. The normalized spacial score (nSPS) is 11.1. The number of hydrogen-bond donors (Lipinski definition) is 0. The molecular weight excluding hydrogens is 727 g/mol. The van der Waals surface area contributed by atoms with E-state index in [1.54, 1.807) is 0 Å². The van der Waals surface area contributed by atoms with Crippen LogP contribution in [0.15, 0.2) is 115 Å². The average molecular weight is 798 g/mol. The first kappa shape index (κ1) is 45.2. The molecule has 5 rings (SSSR count). The lowest BCUT2D eigenvalue weighted by atomic mass is 10.0. The molecule has 0 bridgehead atoms. The van der Waals surface area contributed by atoms with Crippen LogP contribution in [0, 0.1) is 0 Å². The van der Waals surface area contributed by atoms with Gasteiger partial charge in [-0.05, 0) is 73.2 Å². The molecule has 0 unspecified atom stereocenters. The van der Waals surface area contributed by atoms with Gasteiger partial charge in [0.25, 0.3) is 0 Å². The number of para-hydroxylation sites is 1. The van der Waals surface area contributed by atoms with Crippen molar-refractivity contribution in [1.82, 2.24) is 0 Å². The van der Waals surface area contributed by atoms with Gasteiger partial charge >= 0.3 is 0 Å². The van der Waals surface area contributed by atoms with E-state index in [1.165, 1.54) is 51.4 Å². The fraction of sp³-hybridized carbons (Fsp3) is 0.444. The Labute approximate surface area is 357 Å². The topological polar surface area (TPSA) is 40.2 Å². The Hall–Kier alpha value is -4.90. The van der Waals surface area contributed by atoms with Gasteiger partial charge in [-0.2, -0.15) is 0 Å². The molecule has 0 fully saturated rings. The van der Waals surface area contributed by atoms with Crippen molar-refractivity contribution >= 4 is 17.1 Å². The van der Waals surface area contributed by atoms with Crippen molar-refractivity contribution in [2.45, 2.75) is 130 Å². The quantitative estimate of drug-likeness (QED) is 0.0451. The van der Waals surface area contributed by atoms with E-state index in [9.17, 15) is 0 Å². The number of anilines is 3. The first-order chi connectivity index (χ1) is 29.2. The maximum Gasteiger partial charge on any atom is 0.185 e. The first-order valence-electron chi connectivity index (χ1n) is 23.0. The monoisotopic (exact) mass is 798 g/mol. The molecule has 0 radical (unpaired) electrons. The lowest BCUT2D eigenvalue weighted by Gasteiger charge is -2.31. The minimum Gasteiger partial charge on any atom is -0.489 e. The van der Waals surface area contributed by atoms with Gasteiger partial charge in [0.1, 0.15) is 0 Å². The van der Waals surface area contributed by atoms with Gasteiger partial charge in [0.15, 0.2) is 23.0 Å². The van der Waals surface area contributed by atoms with Gasteiger partial charge in [0.05, 0.1) is 37.8 Å². The Bertz CT molecular complexity index is 1760. The summed E-state index contributed by atoms with van der Waals surface area (Å²) >= 11 is 0. The maximum absolute atomic E-state index is 7.03. The minimum atomic E-state index is 0.597. The number of rotatable bonds is 29. The summed E-state index contributed by atoms with van der Waals surface area (Å²) in [5.41, 5.74) is 7.09. The van der Waals surface area contributed by atoms with E-state index in [4.69, 9.17) is 18.9 Å². The van der Waals surface area contributed by atoms with Crippen LogP contribution in [0.4, 0.5) is 17.1 Å². The minimum absolute atomic E-state index is 0.597. The smallest absolute Gasteiger partial charge is 0.185 e. The van der Waals surface area contributed by atoms with Gasteiger partial charge in [0.2, 0.25) is 0 Å². The Kier molecular flexibility index (Phi) is 20.1. The molecule has 5 aromatic carbocycles. The summed E-state index contributed by atoms with van der Waals surface area (Å²) in [6, 6.07) is 40.6. The molecule has 5 nitrogen and oxygen atoms in total. The van der Waals surface area contributed by atoms with Crippen molar-refractivity contribution in [1.29, 1.82) is 0 Å². The van der Waals surface area contributed by atoms with Gasteiger partial charge in [-0.25, -0.2) is 0 Å². The van der Waals surface area contributed by atoms with E-state index >= 15 is 0 Å². The molecule has 0 aliphatic rings. The molecule has 0 heterocycles. The van der Waals surface area contributed by atoms with Crippen LogP contribution in [0.3, 0.4) is 0 Å². The van der Waals surface area contributed by atoms with Gasteiger partial charge in [-0.1, -0.05) is 184 Å². The van der Waals surface area contributed by atoms with E-state index in [-0.39, 0.29) is 0 Å². The molecule has 0 spiro atoms. The lowest BCUT2D eigenvalue weighted by molar-refractivity contribution is 0.259. The fourth-order valence-electron chi connectivity index (χ4n) is 7.51. The van der Waals surface area contributed by atoms with Crippen molar-refractivity contribution < 1.29 is 18.9 Å². The third-order valence-corrected chi connectivity index (χ3v) is 10.8. The largest absolute Gasteiger partial charge is 0.489 e. The molecule has 316 valence electrons. The van der Waals surface area contributed by atoms with Gasteiger partial charge in [0, 0.05) is 16.8 Å². The zero-order chi connectivity index (χ0) is 41.3. The van der Waals surface area contributed by atoms with Crippen molar-refractivity contribution in [3.63, 3.8) is 0 Å². The highest BCUT2D eigenvalue weighted by Crippen LogP contribution is 2.54. The Morgan fingerprint density at radius 2 is 0.644 bits per heavy atom. The molecule has 0 saturated carbocycles. The number of nitrogens with zero attached hydrogens (tertiary/aromatic N) is 1. The van der Waals surface area contributed by atoms with Crippen LogP contribution in [-0.4, -0.2) is 26.4 Å². The lowest BCUT2D eigenvalue weighted by Crippen LogP contribution is -2.16.